The molecule has 7 nitrogen and oxygen atoms in total. The molecule has 152 valence electrons. The molecule has 1 fully saturated rings. The average Bonchev–Trinajstić information content (AvgIpc) is 3.33. The van der Waals surface area contributed by atoms with Gasteiger partial charge in [-0.25, -0.2) is 4.98 Å². The highest BCUT2D eigenvalue weighted by Gasteiger charge is 2.19. The van der Waals surface area contributed by atoms with E-state index in [1.807, 2.05) is 55.0 Å². The minimum Gasteiger partial charge on any atom is -0.383 e. The maximum absolute atomic E-state index is 5.01. The van der Waals surface area contributed by atoms with Gasteiger partial charge in [-0.3, -0.25) is 0 Å². The van der Waals surface area contributed by atoms with Crippen LogP contribution < -0.4 is 10.2 Å². The fraction of sp³-hybridized carbons (Fsp3) is 0.381. The number of nitrogens with zero attached hydrogens (tertiary/aromatic N) is 6. The second-order valence-electron chi connectivity index (χ2n) is 7.55. The molecule has 0 saturated carbocycles. The van der Waals surface area contributed by atoms with Crippen molar-refractivity contribution in [2.75, 3.05) is 37.4 Å². The van der Waals surface area contributed by atoms with Crippen LogP contribution in [-0.4, -0.2) is 51.1 Å². The number of hydrogen-bond acceptors (Lipinski definition) is 7. The van der Waals surface area contributed by atoms with Crippen molar-refractivity contribution in [2.24, 2.45) is 0 Å². The fourth-order valence-corrected chi connectivity index (χ4v) is 4.26. The Balaban J connectivity index is 1.84. The Hall–Kier alpha value is -2.87. The second-order valence-corrected chi connectivity index (χ2v) is 8.36. The number of hydrogen-bond donors (Lipinski definition) is 1. The lowest BCUT2D eigenvalue weighted by atomic mass is 10.1. The van der Waals surface area contributed by atoms with Gasteiger partial charge in [0.25, 0.3) is 0 Å². The van der Waals surface area contributed by atoms with E-state index >= 15 is 0 Å². The molecule has 8 heteroatoms. The minimum atomic E-state index is 0.824. The van der Waals surface area contributed by atoms with Crippen molar-refractivity contribution in [1.82, 2.24) is 23.9 Å². The number of piperidine rings is 1. The third kappa shape index (κ3) is 4.12. The van der Waals surface area contributed by atoms with Gasteiger partial charge in [0.2, 0.25) is 0 Å². The normalized spacial score (nSPS) is 15.0. The molecule has 3 aromatic rings. The zero-order valence-electron chi connectivity index (χ0n) is 17.2. The van der Waals surface area contributed by atoms with Crippen LogP contribution in [0.4, 0.5) is 16.6 Å². The topological polar surface area (TPSA) is 61.6 Å². The first kappa shape index (κ1) is 19.4. The number of nitrogens with one attached hydrogen (secondary N) is 1. The quantitative estimate of drug-likeness (QED) is 0.612. The van der Waals surface area contributed by atoms with E-state index in [1.54, 1.807) is 0 Å². The van der Waals surface area contributed by atoms with E-state index in [2.05, 4.69) is 32.3 Å². The van der Waals surface area contributed by atoms with Crippen molar-refractivity contribution < 1.29 is 0 Å². The van der Waals surface area contributed by atoms with Gasteiger partial charge in [0.05, 0.1) is 11.9 Å². The van der Waals surface area contributed by atoms with Crippen molar-refractivity contribution >= 4 is 39.4 Å². The Morgan fingerprint density at radius 1 is 1.24 bits per heavy atom. The molecule has 0 amide bonds. The Morgan fingerprint density at radius 3 is 2.69 bits per heavy atom. The summed E-state index contributed by atoms with van der Waals surface area (Å²) in [6.07, 6.45) is 9.45. The number of rotatable bonds is 6. The highest BCUT2D eigenvalue weighted by Crippen LogP contribution is 2.30. The van der Waals surface area contributed by atoms with Crippen molar-refractivity contribution in [3.63, 3.8) is 0 Å². The summed E-state index contributed by atoms with van der Waals surface area (Å²) in [5, 5.41) is 9.12. The summed E-state index contributed by atoms with van der Waals surface area (Å²) >= 11 is 1.45. The summed E-state index contributed by atoms with van der Waals surface area (Å²) in [7, 11) is 4.00. The molecule has 0 aliphatic carbocycles. The lowest BCUT2D eigenvalue weighted by Crippen LogP contribution is -2.30. The summed E-state index contributed by atoms with van der Waals surface area (Å²) < 4.78 is 6.25. The Kier molecular flexibility index (Phi) is 5.53. The molecule has 0 unspecified atom stereocenters. The predicted octanol–water partition coefficient (Wildman–Crippen LogP) is 4.32. The molecule has 1 N–H and O–H groups in total. The van der Waals surface area contributed by atoms with Crippen LogP contribution in [0.2, 0.25) is 0 Å². The Labute approximate surface area is 175 Å². The first-order valence-corrected chi connectivity index (χ1v) is 10.7. The molecule has 4 rings (SSSR count). The van der Waals surface area contributed by atoms with Crippen LogP contribution >= 0.6 is 11.5 Å². The van der Waals surface area contributed by atoms with E-state index in [9.17, 15) is 0 Å². The van der Waals surface area contributed by atoms with Crippen LogP contribution in [-0.2, 0) is 0 Å². The lowest BCUT2D eigenvalue weighted by molar-refractivity contribution is 0.566. The van der Waals surface area contributed by atoms with Crippen LogP contribution in [0.1, 0.15) is 30.5 Å². The fourth-order valence-electron chi connectivity index (χ4n) is 3.59. The van der Waals surface area contributed by atoms with Crippen LogP contribution in [0.25, 0.3) is 11.2 Å². The SMILES string of the molecule is C=C/C(=C\N(C)C)c1cnn2c(Nc3cc(C)ns3)cc(N3CCCCC3)nc12. The van der Waals surface area contributed by atoms with Gasteiger partial charge in [0.15, 0.2) is 5.65 Å². The largest absolute Gasteiger partial charge is 0.383 e. The molecule has 0 radical (unpaired) electrons. The van der Waals surface area contributed by atoms with E-state index in [-0.39, 0.29) is 0 Å². The van der Waals surface area contributed by atoms with Gasteiger partial charge < -0.3 is 15.1 Å². The molecule has 1 saturated heterocycles. The third-order valence-corrected chi connectivity index (χ3v) is 5.74. The standard InChI is InChI=1S/C21H27N7S/c1-5-16(14-26(3)4)17-13-22-28-19(23-20-11-15(2)25-29-20)12-18(24-21(17)28)27-9-7-6-8-10-27/h5,11-14,23H,1,6-10H2,2-4H3/b16-14+. The van der Waals surface area contributed by atoms with E-state index in [0.29, 0.717) is 0 Å². The minimum absolute atomic E-state index is 0.824. The van der Waals surface area contributed by atoms with Gasteiger partial charge in [0, 0.05) is 50.6 Å². The van der Waals surface area contributed by atoms with Crippen molar-refractivity contribution in [1.29, 1.82) is 0 Å². The summed E-state index contributed by atoms with van der Waals surface area (Å²) in [4.78, 5) is 9.39. The summed E-state index contributed by atoms with van der Waals surface area (Å²) in [6, 6.07) is 4.14. The molecular formula is C21H27N7S. The molecule has 1 aliphatic heterocycles. The summed E-state index contributed by atoms with van der Waals surface area (Å²) in [6.45, 7) is 8.06. The number of aromatic nitrogens is 4. The molecule has 4 heterocycles. The number of allylic oxidation sites excluding steroid dienone is 2. The predicted molar refractivity (Wildman–Crippen MR) is 121 cm³/mol. The zero-order chi connectivity index (χ0) is 20.4. The smallest absolute Gasteiger partial charge is 0.167 e. The number of anilines is 3. The van der Waals surface area contributed by atoms with Crippen molar-refractivity contribution in [3.8, 4) is 0 Å². The van der Waals surface area contributed by atoms with Gasteiger partial charge in [-0.1, -0.05) is 12.7 Å². The summed E-state index contributed by atoms with van der Waals surface area (Å²) in [5.41, 5.74) is 3.79. The van der Waals surface area contributed by atoms with E-state index in [1.165, 1.54) is 30.8 Å². The molecule has 1 aliphatic rings. The first-order chi connectivity index (χ1) is 14.0. The molecule has 3 aromatic heterocycles. The molecular weight excluding hydrogens is 382 g/mol. The van der Waals surface area contributed by atoms with Gasteiger partial charge in [-0.2, -0.15) is 14.0 Å². The molecule has 0 spiro atoms. The molecule has 0 atom stereocenters. The van der Waals surface area contributed by atoms with Crippen molar-refractivity contribution in [2.45, 2.75) is 26.2 Å². The molecule has 29 heavy (non-hydrogen) atoms. The van der Waals surface area contributed by atoms with E-state index < -0.39 is 0 Å². The van der Waals surface area contributed by atoms with Crippen LogP contribution in [0.15, 0.2) is 37.2 Å². The van der Waals surface area contributed by atoms with Gasteiger partial charge in [0.1, 0.15) is 16.6 Å². The average molecular weight is 410 g/mol. The van der Waals surface area contributed by atoms with Gasteiger partial charge in [-0.15, -0.1) is 0 Å². The highest BCUT2D eigenvalue weighted by molar-refractivity contribution is 7.10. The maximum Gasteiger partial charge on any atom is 0.167 e. The van der Waals surface area contributed by atoms with Crippen LogP contribution in [0.3, 0.4) is 0 Å². The highest BCUT2D eigenvalue weighted by atomic mass is 32.1. The first-order valence-electron chi connectivity index (χ1n) is 9.90. The van der Waals surface area contributed by atoms with E-state index in [4.69, 9.17) is 4.98 Å². The van der Waals surface area contributed by atoms with E-state index in [0.717, 1.165) is 52.2 Å². The monoisotopic (exact) mass is 409 g/mol. The Morgan fingerprint density at radius 2 is 2.03 bits per heavy atom. The third-order valence-electron chi connectivity index (χ3n) is 4.95. The number of fused-ring (bicyclic) bond motifs is 1. The maximum atomic E-state index is 5.01. The van der Waals surface area contributed by atoms with Crippen molar-refractivity contribution in [3.05, 3.63) is 48.4 Å². The van der Waals surface area contributed by atoms with Gasteiger partial charge >= 0.3 is 0 Å². The summed E-state index contributed by atoms with van der Waals surface area (Å²) in [5.74, 6) is 1.87. The molecule has 0 bridgehead atoms. The van der Waals surface area contributed by atoms with Crippen LogP contribution in [0.5, 0.6) is 0 Å². The molecule has 0 aromatic carbocycles. The Bertz CT molecular complexity index is 1040. The number of aryl methyl sites for hydroxylation is 1. The van der Waals surface area contributed by atoms with Crippen LogP contribution in [0, 0.1) is 6.92 Å². The van der Waals surface area contributed by atoms with Gasteiger partial charge in [-0.05, 0) is 43.8 Å². The zero-order valence-corrected chi connectivity index (χ0v) is 18.0. The second kappa shape index (κ2) is 8.24. The lowest BCUT2D eigenvalue weighted by Gasteiger charge is -2.28.